The van der Waals surface area contributed by atoms with Gasteiger partial charge in [0.25, 0.3) is 0 Å². The van der Waals surface area contributed by atoms with E-state index in [1.807, 2.05) is 13.8 Å². The lowest BCUT2D eigenvalue weighted by atomic mass is 10.0. The molecule has 144 valence electrons. The summed E-state index contributed by atoms with van der Waals surface area (Å²) >= 11 is 7.94. The Balaban J connectivity index is 4.93. The quantitative estimate of drug-likeness (QED) is 0.210. The molecule has 6 N–H and O–H groups in total. The summed E-state index contributed by atoms with van der Waals surface area (Å²) in [5, 5.41) is 15.8. The average Bonchev–Trinajstić information content (AvgIpc) is 2.54. The highest BCUT2D eigenvalue weighted by atomic mass is 32.1. The van der Waals surface area contributed by atoms with E-state index in [-0.39, 0.29) is 17.4 Å². The fourth-order valence-electron chi connectivity index (χ4n) is 1.82. The van der Waals surface area contributed by atoms with Gasteiger partial charge in [-0.2, -0.15) is 25.3 Å². The second kappa shape index (κ2) is 12.0. The number of amides is 3. The topological polar surface area (TPSA) is 151 Å². The lowest BCUT2D eigenvalue weighted by Crippen LogP contribution is -2.57. The van der Waals surface area contributed by atoms with E-state index in [0.29, 0.717) is 6.42 Å². The maximum Gasteiger partial charge on any atom is 0.322 e. The third-order valence-electron chi connectivity index (χ3n) is 3.10. The zero-order valence-corrected chi connectivity index (χ0v) is 16.0. The fourth-order valence-corrected chi connectivity index (χ4v) is 2.24. The van der Waals surface area contributed by atoms with Gasteiger partial charge in [0.1, 0.15) is 18.6 Å². The number of nitrogens with one attached hydrogen (secondary N) is 3. The predicted molar refractivity (Wildman–Crippen MR) is 99.6 cm³/mol. The molecule has 0 aliphatic carbocycles. The molecule has 3 atom stereocenters. The van der Waals surface area contributed by atoms with E-state index in [1.165, 1.54) is 0 Å². The Kier molecular flexibility index (Phi) is 11.3. The van der Waals surface area contributed by atoms with Crippen molar-refractivity contribution in [3.05, 3.63) is 0 Å². The van der Waals surface area contributed by atoms with Gasteiger partial charge in [-0.25, -0.2) is 0 Å². The van der Waals surface area contributed by atoms with Crippen molar-refractivity contribution in [1.29, 1.82) is 0 Å². The summed E-state index contributed by atoms with van der Waals surface area (Å²) in [6.45, 7) is 3.16. The fraction of sp³-hybridized carbons (Fsp3) is 0.714. The lowest BCUT2D eigenvalue weighted by Gasteiger charge is -2.23. The Labute approximate surface area is 157 Å². The second-order valence-electron chi connectivity index (χ2n) is 5.84. The molecular weight excluding hydrogens is 368 g/mol. The average molecular weight is 395 g/mol. The molecule has 3 unspecified atom stereocenters. The van der Waals surface area contributed by atoms with Crippen LogP contribution in [0.1, 0.15) is 20.3 Å². The van der Waals surface area contributed by atoms with Crippen LogP contribution in [-0.4, -0.2) is 65.0 Å². The number of rotatable bonds is 11. The number of carbonyl (C=O) groups is 4. The summed E-state index contributed by atoms with van der Waals surface area (Å²) < 4.78 is 0. The molecule has 0 radical (unpaired) electrons. The van der Waals surface area contributed by atoms with Crippen molar-refractivity contribution in [2.75, 3.05) is 18.1 Å². The third kappa shape index (κ3) is 9.56. The van der Waals surface area contributed by atoms with E-state index >= 15 is 0 Å². The van der Waals surface area contributed by atoms with Crippen molar-refractivity contribution in [2.24, 2.45) is 11.7 Å². The molecule has 0 spiro atoms. The van der Waals surface area contributed by atoms with Gasteiger partial charge in [0.2, 0.25) is 17.7 Å². The smallest absolute Gasteiger partial charge is 0.322 e. The summed E-state index contributed by atoms with van der Waals surface area (Å²) in [5.74, 6) is -2.78. The van der Waals surface area contributed by atoms with Crippen LogP contribution in [0.15, 0.2) is 0 Å². The van der Waals surface area contributed by atoms with Gasteiger partial charge in [-0.15, -0.1) is 0 Å². The number of carboxylic acids is 1. The normalized spacial score (nSPS) is 14.3. The van der Waals surface area contributed by atoms with Gasteiger partial charge in [0, 0.05) is 11.5 Å². The Bertz CT molecular complexity index is 490. The van der Waals surface area contributed by atoms with Gasteiger partial charge in [-0.1, -0.05) is 13.8 Å². The molecule has 0 aliphatic heterocycles. The Hall–Kier alpha value is -1.46. The molecule has 25 heavy (non-hydrogen) atoms. The largest absolute Gasteiger partial charge is 0.480 e. The Morgan fingerprint density at radius 1 is 0.960 bits per heavy atom. The minimum Gasteiger partial charge on any atom is -0.480 e. The van der Waals surface area contributed by atoms with Crippen molar-refractivity contribution in [2.45, 2.75) is 38.4 Å². The first kappa shape index (κ1) is 23.5. The van der Waals surface area contributed by atoms with Crippen LogP contribution in [0, 0.1) is 5.92 Å². The van der Waals surface area contributed by atoms with E-state index in [1.54, 1.807) is 0 Å². The SMILES string of the molecule is CC(C)CC(NC(=O)C(CS)NC(=O)C(N)CS)C(=O)NCC(=O)O. The molecule has 0 aromatic carbocycles. The molecule has 0 saturated carbocycles. The minimum absolute atomic E-state index is 0.00199. The standard InChI is InChI=1S/C14H26N4O5S2/c1-7(2)3-9(13(22)16-4-11(19)20)17-14(23)10(6-25)18-12(21)8(15)5-24/h7-10,24-25H,3-6,15H2,1-2H3,(H,16,22)(H,17,23)(H,18,21)(H,19,20). The molecule has 0 aromatic rings. The first-order chi connectivity index (χ1) is 11.6. The number of carbonyl (C=O) groups excluding carboxylic acids is 3. The molecule has 0 aliphatic rings. The number of hydrogen-bond acceptors (Lipinski definition) is 7. The number of carboxylic acid groups (broad SMARTS) is 1. The lowest BCUT2D eigenvalue weighted by molar-refractivity contribution is -0.138. The van der Waals surface area contributed by atoms with Gasteiger partial charge in [-0.05, 0) is 12.3 Å². The molecule has 0 bridgehead atoms. The van der Waals surface area contributed by atoms with E-state index < -0.39 is 48.4 Å². The van der Waals surface area contributed by atoms with E-state index in [9.17, 15) is 19.2 Å². The number of thiol groups is 2. The van der Waals surface area contributed by atoms with Crippen molar-refractivity contribution in [3.8, 4) is 0 Å². The monoisotopic (exact) mass is 394 g/mol. The third-order valence-corrected chi connectivity index (χ3v) is 3.86. The van der Waals surface area contributed by atoms with Gasteiger partial charge in [-0.3, -0.25) is 19.2 Å². The van der Waals surface area contributed by atoms with Crippen LogP contribution in [0.5, 0.6) is 0 Å². The summed E-state index contributed by atoms with van der Waals surface area (Å²) in [4.78, 5) is 46.7. The van der Waals surface area contributed by atoms with Crippen LogP contribution in [0.2, 0.25) is 0 Å². The van der Waals surface area contributed by atoms with Gasteiger partial charge < -0.3 is 26.8 Å². The highest BCUT2D eigenvalue weighted by Gasteiger charge is 2.27. The maximum absolute atomic E-state index is 12.3. The number of nitrogens with two attached hydrogens (primary N) is 1. The van der Waals surface area contributed by atoms with Crippen LogP contribution in [0.3, 0.4) is 0 Å². The first-order valence-electron chi connectivity index (χ1n) is 7.69. The molecule has 0 aromatic heterocycles. The van der Waals surface area contributed by atoms with Crippen LogP contribution >= 0.6 is 25.3 Å². The Morgan fingerprint density at radius 3 is 1.96 bits per heavy atom. The second-order valence-corrected chi connectivity index (χ2v) is 6.57. The summed E-state index contributed by atoms with van der Waals surface area (Å²) in [6, 6.07) is -2.78. The Morgan fingerprint density at radius 2 is 1.52 bits per heavy atom. The van der Waals surface area contributed by atoms with E-state index in [2.05, 4.69) is 41.2 Å². The zero-order valence-electron chi connectivity index (χ0n) is 14.2. The maximum atomic E-state index is 12.3. The van der Waals surface area contributed by atoms with Gasteiger partial charge in [0.05, 0.1) is 6.04 Å². The molecule has 3 amide bonds. The van der Waals surface area contributed by atoms with E-state index in [4.69, 9.17) is 10.8 Å². The molecule has 0 saturated heterocycles. The number of hydrogen-bond donors (Lipinski definition) is 7. The van der Waals surface area contributed by atoms with Crippen LogP contribution in [-0.2, 0) is 19.2 Å². The van der Waals surface area contributed by atoms with Crippen LogP contribution in [0.4, 0.5) is 0 Å². The molecular formula is C14H26N4O5S2. The summed E-state index contributed by atoms with van der Waals surface area (Å²) in [5.41, 5.74) is 5.54. The van der Waals surface area contributed by atoms with Gasteiger partial charge in [0.15, 0.2) is 0 Å². The highest BCUT2D eigenvalue weighted by molar-refractivity contribution is 7.80. The highest BCUT2D eigenvalue weighted by Crippen LogP contribution is 2.06. The molecule has 9 nitrogen and oxygen atoms in total. The molecule has 0 rings (SSSR count). The van der Waals surface area contributed by atoms with Crippen molar-refractivity contribution in [3.63, 3.8) is 0 Å². The zero-order chi connectivity index (χ0) is 19.6. The van der Waals surface area contributed by atoms with Crippen LogP contribution < -0.4 is 21.7 Å². The predicted octanol–water partition coefficient (Wildman–Crippen LogP) is -1.61. The minimum atomic E-state index is -1.19. The van der Waals surface area contributed by atoms with E-state index in [0.717, 1.165) is 0 Å². The molecule has 0 fully saturated rings. The van der Waals surface area contributed by atoms with Gasteiger partial charge >= 0.3 is 5.97 Å². The first-order valence-corrected chi connectivity index (χ1v) is 8.96. The molecule has 0 heterocycles. The summed E-state index contributed by atoms with van der Waals surface area (Å²) in [6.07, 6.45) is 0.306. The molecule has 11 heteroatoms. The van der Waals surface area contributed by atoms with Crippen molar-refractivity contribution < 1.29 is 24.3 Å². The van der Waals surface area contributed by atoms with Crippen molar-refractivity contribution >= 4 is 48.9 Å². The summed E-state index contributed by atoms with van der Waals surface area (Å²) in [7, 11) is 0. The van der Waals surface area contributed by atoms with Crippen LogP contribution in [0.25, 0.3) is 0 Å². The number of aliphatic carboxylic acids is 1. The van der Waals surface area contributed by atoms with Crippen molar-refractivity contribution in [1.82, 2.24) is 16.0 Å².